The highest BCUT2D eigenvalue weighted by Gasteiger charge is 2.17. The van der Waals surface area contributed by atoms with E-state index in [0.717, 1.165) is 36.0 Å². The van der Waals surface area contributed by atoms with Crippen molar-refractivity contribution in [1.82, 2.24) is 0 Å². The molecule has 3 nitrogen and oxygen atoms in total. The monoisotopic (exact) mass is 383 g/mol. The lowest BCUT2D eigenvalue weighted by molar-refractivity contribution is -0.142. The predicted octanol–water partition coefficient (Wildman–Crippen LogP) is 5.88. The van der Waals surface area contributed by atoms with Gasteiger partial charge in [0.15, 0.2) is 0 Å². The van der Waals surface area contributed by atoms with E-state index in [-0.39, 0.29) is 5.92 Å². The van der Waals surface area contributed by atoms with Gasteiger partial charge < -0.3 is 5.11 Å². The number of nitriles is 1. The fraction of sp³-hybridized carbons (Fsp3) is 0.231. The number of carboxylic acids is 1. The second kappa shape index (κ2) is 10.2. The topological polar surface area (TPSA) is 61.1 Å². The number of rotatable bonds is 9. The van der Waals surface area contributed by atoms with Crippen molar-refractivity contribution in [3.63, 3.8) is 0 Å². The summed E-state index contributed by atoms with van der Waals surface area (Å²) in [6.45, 7) is 0. The summed E-state index contributed by atoms with van der Waals surface area (Å²) in [5.74, 6) is -1.03. The van der Waals surface area contributed by atoms with Crippen molar-refractivity contribution in [2.45, 2.75) is 32.1 Å². The number of hydrogen-bond donors (Lipinski definition) is 1. The average Bonchev–Trinajstić information content (AvgIpc) is 2.77. The number of carbonyl (C=O) groups is 1. The summed E-state index contributed by atoms with van der Waals surface area (Å²) in [4.78, 5) is 11.6. The quantitative estimate of drug-likeness (QED) is 0.502. The van der Waals surface area contributed by atoms with Gasteiger partial charge in [-0.25, -0.2) is 0 Å². The molecule has 3 rings (SSSR count). The van der Waals surface area contributed by atoms with Crippen molar-refractivity contribution in [3.05, 3.63) is 95.6 Å². The number of nitrogens with zero attached hydrogens (tertiary/aromatic N) is 1. The molecule has 3 aromatic carbocycles. The average molecular weight is 383 g/mol. The summed E-state index contributed by atoms with van der Waals surface area (Å²) in [6, 6.07) is 28.1. The van der Waals surface area contributed by atoms with Crippen LogP contribution in [0.5, 0.6) is 0 Å². The lowest BCUT2D eigenvalue weighted by Crippen LogP contribution is -2.15. The van der Waals surface area contributed by atoms with E-state index in [9.17, 15) is 15.2 Å². The van der Waals surface area contributed by atoms with E-state index in [4.69, 9.17) is 0 Å². The van der Waals surface area contributed by atoms with E-state index in [2.05, 4.69) is 18.2 Å². The van der Waals surface area contributed by atoms with E-state index in [0.29, 0.717) is 18.4 Å². The third-order valence-corrected chi connectivity index (χ3v) is 5.30. The molecule has 0 aromatic heterocycles. The Morgan fingerprint density at radius 2 is 1.48 bits per heavy atom. The van der Waals surface area contributed by atoms with Crippen molar-refractivity contribution in [2.75, 3.05) is 0 Å². The zero-order chi connectivity index (χ0) is 20.5. The largest absolute Gasteiger partial charge is 0.481 e. The minimum absolute atomic E-state index is 0.322. The van der Waals surface area contributed by atoms with E-state index in [1.54, 1.807) is 0 Å². The molecule has 0 heterocycles. The van der Waals surface area contributed by atoms with Crippen molar-refractivity contribution >= 4 is 5.97 Å². The second-order valence-corrected chi connectivity index (χ2v) is 7.31. The predicted molar refractivity (Wildman–Crippen MR) is 115 cm³/mol. The first kappa shape index (κ1) is 20.4. The number of hydrogen-bond acceptors (Lipinski definition) is 2. The summed E-state index contributed by atoms with van der Waals surface area (Å²) in [7, 11) is 0. The van der Waals surface area contributed by atoms with Crippen LogP contribution in [-0.4, -0.2) is 11.1 Å². The van der Waals surface area contributed by atoms with E-state index < -0.39 is 5.97 Å². The maximum absolute atomic E-state index is 11.6. The first-order chi connectivity index (χ1) is 14.2. The molecule has 3 aromatic rings. The fourth-order valence-electron chi connectivity index (χ4n) is 3.61. The molecule has 0 saturated heterocycles. The molecule has 0 aliphatic rings. The SMILES string of the molecule is N#Cc1ccccc1-c1ccc(CCC(CCCc2ccccc2)C(=O)O)cc1. The van der Waals surface area contributed by atoms with Crippen LogP contribution in [0.4, 0.5) is 0 Å². The summed E-state index contributed by atoms with van der Waals surface area (Å²) < 4.78 is 0. The molecule has 0 fully saturated rings. The molecule has 1 N–H and O–H groups in total. The molecule has 0 spiro atoms. The number of aryl methyl sites for hydroxylation is 2. The van der Waals surface area contributed by atoms with Gasteiger partial charge in [-0.05, 0) is 60.4 Å². The smallest absolute Gasteiger partial charge is 0.306 e. The maximum atomic E-state index is 11.6. The Kier molecular flexibility index (Phi) is 7.19. The van der Waals surface area contributed by atoms with Gasteiger partial charge in [0.1, 0.15) is 0 Å². The molecule has 146 valence electrons. The van der Waals surface area contributed by atoms with Crippen molar-refractivity contribution < 1.29 is 9.90 Å². The van der Waals surface area contributed by atoms with Gasteiger partial charge in [-0.3, -0.25) is 4.79 Å². The molecule has 0 saturated carbocycles. The van der Waals surface area contributed by atoms with Crippen LogP contribution in [0.2, 0.25) is 0 Å². The fourth-order valence-corrected chi connectivity index (χ4v) is 3.61. The molecule has 0 aliphatic carbocycles. The first-order valence-corrected chi connectivity index (χ1v) is 10.0. The third-order valence-electron chi connectivity index (χ3n) is 5.30. The first-order valence-electron chi connectivity index (χ1n) is 10.0. The lowest BCUT2D eigenvalue weighted by Gasteiger charge is -2.13. The highest BCUT2D eigenvalue weighted by Crippen LogP contribution is 2.24. The standard InChI is InChI=1S/C26H25NO2/c27-19-24-10-4-5-12-25(24)22-16-13-21(14-17-22)15-18-23(26(28)29)11-6-9-20-7-2-1-3-8-20/h1-5,7-8,10,12-14,16-17,23H,6,9,11,15,18H2,(H,28,29). The third kappa shape index (κ3) is 5.80. The summed E-state index contributed by atoms with van der Waals surface area (Å²) >= 11 is 0. The molecule has 0 radical (unpaired) electrons. The van der Waals surface area contributed by atoms with Crippen LogP contribution in [-0.2, 0) is 17.6 Å². The highest BCUT2D eigenvalue weighted by atomic mass is 16.4. The van der Waals surface area contributed by atoms with E-state index >= 15 is 0 Å². The molecule has 0 aliphatic heterocycles. The van der Waals surface area contributed by atoms with Crippen LogP contribution < -0.4 is 0 Å². The summed E-state index contributed by atoms with van der Waals surface area (Å²) in [5, 5.41) is 18.8. The van der Waals surface area contributed by atoms with Crippen molar-refractivity contribution in [2.24, 2.45) is 5.92 Å². The second-order valence-electron chi connectivity index (χ2n) is 7.31. The zero-order valence-corrected chi connectivity index (χ0v) is 16.4. The number of carboxylic acid groups (broad SMARTS) is 1. The van der Waals surface area contributed by atoms with Crippen LogP contribution >= 0.6 is 0 Å². The van der Waals surface area contributed by atoms with Crippen molar-refractivity contribution in [3.8, 4) is 17.2 Å². The Hall–Kier alpha value is -3.38. The summed E-state index contributed by atoms with van der Waals surface area (Å²) in [6.07, 6.45) is 3.86. The van der Waals surface area contributed by atoms with Gasteiger partial charge in [-0.2, -0.15) is 5.26 Å². The van der Waals surface area contributed by atoms with Gasteiger partial charge in [-0.1, -0.05) is 72.8 Å². The van der Waals surface area contributed by atoms with Gasteiger partial charge in [0.05, 0.1) is 17.6 Å². The van der Waals surface area contributed by atoms with Gasteiger partial charge in [0.2, 0.25) is 0 Å². The Balaban J connectivity index is 1.56. The number of benzene rings is 3. The molecule has 1 unspecified atom stereocenters. The molecule has 3 heteroatoms. The lowest BCUT2D eigenvalue weighted by atomic mass is 9.92. The van der Waals surface area contributed by atoms with E-state index in [1.807, 2.05) is 66.7 Å². The molecule has 0 bridgehead atoms. The maximum Gasteiger partial charge on any atom is 0.306 e. The highest BCUT2D eigenvalue weighted by molar-refractivity contribution is 5.71. The Labute approximate surface area is 172 Å². The summed E-state index contributed by atoms with van der Waals surface area (Å²) in [5.41, 5.74) is 4.96. The molecular formula is C26H25NO2. The zero-order valence-electron chi connectivity index (χ0n) is 16.4. The van der Waals surface area contributed by atoms with Crippen LogP contribution in [0.15, 0.2) is 78.9 Å². The van der Waals surface area contributed by atoms with Crippen LogP contribution in [0.1, 0.15) is 36.0 Å². The Bertz CT molecular complexity index is 972. The Morgan fingerprint density at radius 1 is 0.828 bits per heavy atom. The van der Waals surface area contributed by atoms with E-state index in [1.165, 1.54) is 5.56 Å². The van der Waals surface area contributed by atoms with Gasteiger partial charge in [0.25, 0.3) is 0 Å². The molecule has 29 heavy (non-hydrogen) atoms. The molecule has 1 atom stereocenters. The minimum Gasteiger partial charge on any atom is -0.481 e. The normalized spacial score (nSPS) is 11.6. The number of aliphatic carboxylic acids is 1. The van der Waals surface area contributed by atoms with Crippen LogP contribution in [0, 0.1) is 17.2 Å². The molecular weight excluding hydrogens is 358 g/mol. The van der Waals surface area contributed by atoms with Crippen LogP contribution in [0.25, 0.3) is 11.1 Å². The van der Waals surface area contributed by atoms with Gasteiger partial charge in [-0.15, -0.1) is 0 Å². The van der Waals surface area contributed by atoms with Gasteiger partial charge >= 0.3 is 5.97 Å². The van der Waals surface area contributed by atoms with Gasteiger partial charge in [0, 0.05) is 0 Å². The van der Waals surface area contributed by atoms with Crippen molar-refractivity contribution in [1.29, 1.82) is 5.26 Å². The minimum atomic E-state index is -0.711. The van der Waals surface area contributed by atoms with Crippen LogP contribution in [0.3, 0.4) is 0 Å². The molecule has 0 amide bonds. The Morgan fingerprint density at radius 3 is 2.17 bits per heavy atom.